The molecule has 2 heterocycles. The van der Waals surface area contributed by atoms with Gasteiger partial charge in [-0.25, -0.2) is 17.7 Å². The number of anilines is 1. The molecule has 1 aromatic heterocycles. The zero-order valence-corrected chi connectivity index (χ0v) is 16.7. The molecule has 6 heteroatoms. The number of fused-ring (bicyclic) bond motifs is 2. The number of hydrogen-bond donors (Lipinski definition) is 0. The molecule has 0 fully saturated rings. The predicted molar refractivity (Wildman–Crippen MR) is 107 cm³/mol. The first-order valence-electron chi connectivity index (χ1n) is 8.89. The van der Waals surface area contributed by atoms with Crippen LogP contribution in [0.1, 0.15) is 22.3 Å². The largest absolute Gasteiger partial charge is 0.496 e. The summed E-state index contributed by atoms with van der Waals surface area (Å²) in [6.07, 6.45) is 0.666. The van der Waals surface area contributed by atoms with E-state index in [1.807, 2.05) is 26.0 Å². The summed E-state index contributed by atoms with van der Waals surface area (Å²) in [5.74, 6) is 1.23. The van der Waals surface area contributed by atoms with Crippen molar-refractivity contribution in [2.45, 2.75) is 32.1 Å². The van der Waals surface area contributed by atoms with Crippen molar-refractivity contribution in [2.75, 3.05) is 18.0 Å². The fourth-order valence-electron chi connectivity index (χ4n) is 3.67. The van der Waals surface area contributed by atoms with Crippen LogP contribution < -0.4 is 9.04 Å². The molecule has 27 heavy (non-hydrogen) atoms. The van der Waals surface area contributed by atoms with Crippen LogP contribution in [0.15, 0.2) is 41.3 Å². The minimum absolute atomic E-state index is 0.305. The Morgan fingerprint density at radius 2 is 1.81 bits per heavy atom. The Morgan fingerprint density at radius 3 is 2.56 bits per heavy atom. The molecule has 0 saturated heterocycles. The molecule has 140 valence electrons. The van der Waals surface area contributed by atoms with Crippen LogP contribution in [0.25, 0.3) is 10.9 Å². The Balaban J connectivity index is 1.84. The van der Waals surface area contributed by atoms with E-state index in [0.717, 1.165) is 27.6 Å². The van der Waals surface area contributed by atoms with Gasteiger partial charge in [0.15, 0.2) is 0 Å². The topological polar surface area (TPSA) is 59.5 Å². The van der Waals surface area contributed by atoms with E-state index >= 15 is 0 Å². The molecular formula is C21H22N2O3S. The summed E-state index contributed by atoms with van der Waals surface area (Å²) in [7, 11) is -2.11. The molecule has 1 aliphatic rings. The van der Waals surface area contributed by atoms with Crippen molar-refractivity contribution in [1.29, 1.82) is 0 Å². The molecule has 0 N–H and O–H groups in total. The maximum absolute atomic E-state index is 13.4. The van der Waals surface area contributed by atoms with Gasteiger partial charge in [0.05, 0.1) is 17.5 Å². The highest BCUT2D eigenvalue weighted by Gasteiger charge is 2.33. The van der Waals surface area contributed by atoms with Gasteiger partial charge in [0.25, 0.3) is 10.0 Å². The van der Waals surface area contributed by atoms with Crippen LogP contribution in [0.2, 0.25) is 0 Å². The SMILES string of the molecule is COc1cc(C)c(S(=O)(=O)N2CCc3cc4cc(C)ccc4nc32)cc1C. The number of methoxy groups -OCH3 is 1. The molecule has 0 bridgehead atoms. The van der Waals surface area contributed by atoms with E-state index in [0.29, 0.717) is 35.0 Å². The van der Waals surface area contributed by atoms with Gasteiger partial charge in [0.1, 0.15) is 11.6 Å². The Labute approximate surface area is 159 Å². The zero-order chi connectivity index (χ0) is 19.3. The van der Waals surface area contributed by atoms with E-state index in [4.69, 9.17) is 4.74 Å². The van der Waals surface area contributed by atoms with Crippen molar-refractivity contribution in [3.63, 3.8) is 0 Å². The van der Waals surface area contributed by atoms with Crippen molar-refractivity contribution in [1.82, 2.24) is 4.98 Å². The lowest BCUT2D eigenvalue weighted by Gasteiger charge is -2.21. The molecule has 0 unspecified atom stereocenters. The monoisotopic (exact) mass is 382 g/mol. The van der Waals surface area contributed by atoms with E-state index in [2.05, 4.69) is 17.1 Å². The standard InChI is InChI=1S/C21H22N2O3S/c1-13-5-6-18-17(9-13)12-16-7-8-23(21(16)22-18)27(24,25)20-11-14(2)19(26-4)10-15(20)3/h5-6,9-12H,7-8H2,1-4H3. The first-order chi connectivity index (χ1) is 12.8. The Bertz CT molecular complexity index is 1170. The summed E-state index contributed by atoms with van der Waals surface area (Å²) in [5.41, 5.74) is 4.41. The number of rotatable bonds is 3. The van der Waals surface area contributed by atoms with Crippen molar-refractivity contribution >= 4 is 26.7 Å². The Morgan fingerprint density at radius 1 is 1.04 bits per heavy atom. The third-order valence-electron chi connectivity index (χ3n) is 5.11. The molecule has 0 saturated carbocycles. The summed E-state index contributed by atoms with van der Waals surface area (Å²) >= 11 is 0. The highest BCUT2D eigenvalue weighted by Crippen LogP contribution is 2.35. The number of aryl methyl sites for hydroxylation is 3. The maximum atomic E-state index is 13.4. The molecular weight excluding hydrogens is 360 g/mol. The number of sulfonamides is 1. The maximum Gasteiger partial charge on any atom is 0.265 e. The van der Waals surface area contributed by atoms with Crippen molar-refractivity contribution in [2.24, 2.45) is 0 Å². The second kappa shape index (κ2) is 6.23. The molecule has 0 amide bonds. The molecule has 0 spiro atoms. The molecule has 4 rings (SSSR count). The average molecular weight is 382 g/mol. The summed E-state index contributed by atoms with van der Waals surface area (Å²) in [6.45, 7) is 6.09. The number of ether oxygens (including phenoxy) is 1. The number of hydrogen-bond acceptors (Lipinski definition) is 4. The molecule has 5 nitrogen and oxygen atoms in total. The van der Waals surface area contributed by atoms with Gasteiger partial charge in [-0.3, -0.25) is 0 Å². The highest BCUT2D eigenvalue weighted by molar-refractivity contribution is 7.92. The zero-order valence-electron chi connectivity index (χ0n) is 15.9. The Kier molecular flexibility index (Phi) is 4.11. The summed E-state index contributed by atoms with van der Waals surface area (Å²) < 4.78 is 33.6. The fourth-order valence-corrected chi connectivity index (χ4v) is 5.42. The van der Waals surface area contributed by atoms with E-state index in [-0.39, 0.29) is 0 Å². The first-order valence-corrected chi connectivity index (χ1v) is 10.3. The second-order valence-corrected chi connectivity index (χ2v) is 8.91. The van der Waals surface area contributed by atoms with Crippen molar-refractivity contribution in [3.05, 3.63) is 58.7 Å². The first kappa shape index (κ1) is 17.8. The lowest BCUT2D eigenvalue weighted by molar-refractivity contribution is 0.411. The van der Waals surface area contributed by atoms with Gasteiger partial charge in [-0.2, -0.15) is 0 Å². The van der Waals surface area contributed by atoms with Gasteiger partial charge >= 0.3 is 0 Å². The van der Waals surface area contributed by atoms with Gasteiger partial charge in [-0.05, 0) is 74.2 Å². The van der Waals surface area contributed by atoms with E-state index < -0.39 is 10.0 Å². The number of nitrogens with zero attached hydrogens (tertiary/aromatic N) is 2. The summed E-state index contributed by atoms with van der Waals surface area (Å²) in [5, 5.41) is 1.05. The fraction of sp³-hybridized carbons (Fsp3) is 0.286. The molecule has 0 radical (unpaired) electrons. The molecule has 1 aliphatic heterocycles. The third kappa shape index (κ3) is 2.84. The van der Waals surface area contributed by atoms with E-state index in [9.17, 15) is 8.42 Å². The van der Waals surface area contributed by atoms with Crippen molar-refractivity contribution < 1.29 is 13.2 Å². The normalized spacial score (nSPS) is 13.9. The highest BCUT2D eigenvalue weighted by atomic mass is 32.2. The van der Waals surface area contributed by atoms with Crippen LogP contribution in [0.3, 0.4) is 0 Å². The van der Waals surface area contributed by atoms with E-state index in [1.165, 1.54) is 4.31 Å². The van der Waals surface area contributed by atoms with Crippen LogP contribution >= 0.6 is 0 Å². The van der Waals surface area contributed by atoms with Crippen LogP contribution in [-0.2, 0) is 16.4 Å². The number of aromatic nitrogens is 1. The van der Waals surface area contributed by atoms with Gasteiger partial charge in [-0.15, -0.1) is 0 Å². The quantitative estimate of drug-likeness (QED) is 0.689. The van der Waals surface area contributed by atoms with Crippen LogP contribution in [-0.4, -0.2) is 27.1 Å². The van der Waals surface area contributed by atoms with Gasteiger partial charge in [0.2, 0.25) is 0 Å². The minimum Gasteiger partial charge on any atom is -0.496 e. The molecule has 0 atom stereocenters. The molecule has 3 aromatic rings. The smallest absolute Gasteiger partial charge is 0.265 e. The number of pyridine rings is 1. The summed E-state index contributed by atoms with van der Waals surface area (Å²) in [4.78, 5) is 4.98. The Hall–Kier alpha value is -2.60. The van der Waals surface area contributed by atoms with Crippen molar-refractivity contribution in [3.8, 4) is 5.75 Å². The van der Waals surface area contributed by atoms with Crippen LogP contribution in [0, 0.1) is 20.8 Å². The van der Waals surface area contributed by atoms with Crippen LogP contribution in [0.5, 0.6) is 5.75 Å². The predicted octanol–water partition coefficient (Wildman–Crippen LogP) is 3.92. The van der Waals surface area contributed by atoms with Gasteiger partial charge in [0, 0.05) is 11.9 Å². The third-order valence-corrected chi connectivity index (χ3v) is 7.04. The lowest BCUT2D eigenvalue weighted by atomic mass is 10.1. The van der Waals surface area contributed by atoms with Crippen LogP contribution in [0.4, 0.5) is 5.82 Å². The molecule has 2 aromatic carbocycles. The molecule has 0 aliphatic carbocycles. The second-order valence-electron chi connectivity index (χ2n) is 7.08. The minimum atomic E-state index is -3.69. The van der Waals surface area contributed by atoms with Gasteiger partial charge in [-0.1, -0.05) is 11.6 Å². The number of benzene rings is 2. The van der Waals surface area contributed by atoms with Gasteiger partial charge < -0.3 is 4.74 Å². The van der Waals surface area contributed by atoms with E-state index in [1.54, 1.807) is 26.2 Å². The summed E-state index contributed by atoms with van der Waals surface area (Å²) in [6, 6.07) is 11.5. The average Bonchev–Trinajstić information content (AvgIpc) is 3.04. The lowest BCUT2D eigenvalue weighted by Crippen LogP contribution is -2.30.